The fourth-order valence-corrected chi connectivity index (χ4v) is 4.90. The van der Waals surface area contributed by atoms with Gasteiger partial charge in [0.25, 0.3) is 0 Å². The molecule has 0 atom stereocenters. The van der Waals surface area contributed by atoms with Crippen molar-refractivity contribution < 1.29 is 0 Å². The van der Waals surface area contributed by atoms with E-state index in [0.29, 0.717) is 15.8 Å². The van der Waals surface area contributed by atoms with Gasteiger partial charge in [-0.3, -0.25) is 0 Å². The number of rotatable bonds is 8. The highest BCUT2D eigenvalue weighted by Gasteiger charge is 2.13. The van der Waals surface area contributed by atoms with Crippen LogP contribution in [0.5, 0.6) is 0 Å². The fraction of sp³-hybridized carbons (Fsp3) is 0.400. The van der Waals surface area contributed by atoms with Crippen LogP contribution in [0.2, 0.25) is 10.0 Å². The number of hydrogen-bond acceptors (Lipinski definition) is 6. The van der Waals surface area contributed by atoms with Crippen molar-refractivity contribution in [3.63, 3.8) is 0 Å². The van der Waals surface area contributed by atoms with Crippen LogP contribution >= 0.6 is 46.3 Å². The lowest BCUT2D eigenvalue weighted by molar-refractivity contribution is 0.654. The summed E-state index contributed by atoms with van der Waals surface area (Å²) >= 11 is 15.6. The van der Waals surface area contributed by atoms with Crippen molar-refractivity contribution in [1.29, 1.82) is 0 Å². The first kappa shape index (κ1) is 17.9. The van der Waals surface area contributed by atoms with Crippen LogP contribution in [-0.2, 0) is 12.2 Å². The molecule has 0 spiro atoms. The molecule has 2 N–H and O–H groups in total. The Balaban J connectivity index is 1.67. The first-order valence-electron chi connectivity index (χ1n) is 7.66. The van der Waals surface area contributed by atoms with Crippen molar-refractivity contribution in [2.24, 2.45) is 5.73 Å². The third-order valence-electron chi connectivity index (χ3n) is 3.54. The van der Waals surface area contributed by atoms with E-state index in [9.17, 15) is 0 Å². The smallest absolute Gasteiger partial charge is 0.235 e. The van der Waals surface area contributed by atoms with E-state index >= 15 is 0 Å². The summed E-state index contributed by atoms with van der Waals surface area (Å²) in [5.41, 5.74) is 6.45. The molecule has 0 bridgehead atoms. The summed E-state index contributed by atoms with van der Waals surface area (Å²) in [7, 11) is 0. The highest BCUT2D eigenvalue weighted by atomic mass is 35.5. The number of fused-ring (bicyclic) bond motifs is 1. The lowest BCUT2D eigenvalue weighted by atomic mass is 10.2. The quantitative estimate of drug-likeness (QED) is 0.445. The van der Waals surface area contributed by atoms with E-state index in [2.05, 4.69) is 15.3 Å². The molecule has 0 saturated heterocycles. The van der Waals surface area contributed by atoms with Crippen LogP contribution in [0.4, 0.5) is 0 Å². The van der Waals surface area contributed by atoms with Gasteiger partial charge in [0.05, 0.1) is 0 Å². The Morgan fingerprint density at radius 1 is 1.12 bits per heavy atom. The second kappa shape index (κ2) is 8.49. The Kier molecular flexibility index (Phi) is 6.35. The molecule has 0 amide bonds. The van der Waals surface area contributed by atoms with Gasteiger partial charge in [0.2, 0.25) is 4.96 Å². The number of unbranched alkanes of at least 4 members (excludes halogenated alkanes) is 2. The second-order valence-corrected chi connectivity index (χ2v) is 8.26. The Bertz CT molecular complexity index is 797. The summed E-state index contributed by atoms with van der Waals surface area (Å²) in [6.45, 7) is 0.733. The molecule has 0 unspecified atom stereocenters. The zero-order valence-corrected chi connectivity index (χ0v) is 16.1. The van der Waals surface area contributed by atoms with Gasteiger partial charge in [-0.05, 0) is 37.1 Å². The lowest BCUT2D eigenvalue weighted by Crippen LogP contribution is -2.00. The molecular weight excluding hydrogens is 385 g/mol. The minimum absolute atomic E-state index is 0.675. The molecule has 0 saturated carbocycles. The molecule has 2 heterocycles. The molecule has 128 valence electrons. The molecule has 0 radical (unpaired) electrons. The van der Waals surface area contributed by atoms with Crippen LogP contribution in [0.3, 0.4) is 0 Å². The van der Waals surface area contributed by atoms with Gasteiger partial charge >= 0.3 is 0 Å². The molecule has 1 aromatic carbocycles. The highest BCUT2D eigenvalue weighted by molar-refractivity contribution is 8.00. The molecule has 3 aromatic rings. The van der Waals surface area contributed by atoms with E-state index in [1.165, 1.54) is 11.3 Å². The molecule has 24 heavy (non-hydrogen) atoms. The van der Waals surface area contributed by atoms with Gasteiger partial charge in [-0.25, -0.2) is 0 Å². The molecule has 3 rings (SSSR count). The van der Waals surface area contributed by atoms with Gasteiger partial charge in [-0.15, -0.1) is 15.3 Å². The van der Waals surface area contributed by atoms with Crippen molar-refractivity contribution in [3.05, 3.63) is 39.6 Å². The monoisotopic (exact) mass is 401 g/mol. The molecule has 0 aliphatic rings. The lowest BCUT2D eigenvalue weighted by Gasteiger charge is -2.04. The number of aromatic nitrogens is 4. The highest BCUT2D eigenvalue weighted by Crippen LogP contribution is 2.33. The summed E-state index contributed by atoms with van der Waals surface area (Å²) in [4.78, 5) is 0.816. The first-order chi connectivity index (χ1) is 11.7. The average molecular weight is 402 g/mol. The van der Waals surface area contributed by atoms with Crippen molar-refractivity contribution in [1.82, 2.24) is 19.8 Å². The molecule has 0 aliphatic carbocycles. The minimum atomic E-state index is 0.675. The first-order valence-corrected chi connectivity index (χ1v) is 10.2. The summed E-state index contributed by atoms with van der Waals surface area (Å²) in [6.07, 6.45) is 4.06. The molecule has 0 aliphatic heterocycles. The molecule has 5 nitrogen and oxygen atoms in total. The summed E-state index contributed by atoms with van der Waals surface area (Å²) in [6, 6.07) is 5.54. The zero-order chi connectivity index (χ0) is 16.9. The van der Waals surface area contributed by atoms with Crippen LogP contribution in [0.25, 0.3) is 4.96 Å². The van der Waals surface area contributed by atoms with E-state index in [-0.39, 0.29) is 0 Å². The standard InChI is InChI=1S/C15H17Cl2N5S2/c16-11-5-4-6-12(17)10(11)9-23-15-21-22-13(7-2-1-3-8-18)19-20-14(22)24-15/h4-6H,1-3,7-9,18H2. The zero-order valence-electron chi connectivity index (χ0n) is 12.9. The average Bonchev–Trinajstić information content (AvgIpc) is 3.12. The van der Waals surface area contributed by atoms with Crippen molar-refractivity contribution >= 4 is 51.3 Å². The van der Waals surface area contributed by atoms with Crippen LogP contribution in [0, 0.1) is 0 Å². The topological polar surface area (TPSA) is 69.1 Å². The number of nitrogens with zero attached hydrogens (tertiary/aromatic N) is 4. The molecular formula is C15H17Cl2N5S2. The maximum atomic E-state index is 6.21. The number of aryl methyl sites for hydroxylation is 1. The van der Waals surface area contributed by atoms with Crippen LogP contribution in [-0.4, -0.2) is 26.4 Å². The minimum Gasteiger partial charge on any atom is -0.330 e. The Hall–Kier alpha value is -0.860. The van der Waals surface area contributed by atoms with Gasteiger partial charge in [0.15, 0.2) is 10.2 Å². The van der Waals surface area contributed by atoms with E-state index in [0.717, 1.165) is 52.9 Å². The number of halogens is 2. The fourth-order valence-electron chi connectivity index (χ4n) is 2.26. The van der Waals surface area contributed by atoms with E-state index in [1.54, 1.807) is 11.8 Å². The van der Waals surface area contributed by atoms with E-state index in [1.807, 2.05) is 22.7 Å². The van der Waals surface area contributed by atoms with Crippen molar-refractivity contribution in [3.8, 4) is 0 Å². The van der Waals surface area contributed by atoms with Crippen molar-refractivity contribution in [2.45, 2.75) is 35.8 Å². The molecule has 9 heteroatoms. The molecule has 2 aromatic heterocycles. The van der Waals surface area contributed by atoms with Crippen LogP contribution in [0.15, 0.2) is 22.5 Å². The van der Waals surface area contributed by atoms with Crippen LogP contribution < -0.4 is 5.73 Å². The maximum Gasteiger partial charge on any atom is 0.235 e. The van der Waals surface area contributed by atoms with E-state index < -0.39 is 0 Å². The van der Waals surface area contributed by atoms with Gasteiger partial charge < -0.3 is 5.73 Å². The Labute approximate surface area is 158 Å². The third-order valence-corrected chi connectivity index (χ3v) is 6.31. The van der Waals surface area contributed by atoms with Gasteiger partial charge in [-0.1, -0.05) is 58.8 Å². The van der Waals surface area contributed by atoms with Crippen molar-refractivity contribution in [2.75, 3.05) is 6.54 Å². The number of benzene rings is 1. The van der Waals surface area contributed by atoms with Crippen LogP contribution in [0.1, 0.15) is 30.7 Å². The maximum absolute atomic E-state index is 6.21. The number of nitrogens with two attached hydrogens (primary N) is 1. The number of thioether (sulfide) groups is 1. The second-order valence-electron chi connectivity index (χ2n) is 5.27. The normalized spacial score (nSPS) is 11.5. The van der Waals surface area contributed by atoms with E-state index in [4.69, 9.17) is 28.9 Å². The predicted octanol–water partition coefficient (Wildman–Crippen LogP) is 4.46. The Morgan fingerprint density at radius 3 is 2.67 bits per heavy atom. The third kappa shape index (κ3) is 4.21. The van der Waals surface area contributed by atoms with Gasteiger partial charge in [0.1, 0.15) is 0 Å². The van der Waals surface area contributed by atoms with Gasteiger partial charge in [-0.2, -0.15) is 4.52 Å². The number of hydrogen-bond donors (Lipinski definition) is 1. The SMILES string of the molecule is NCCCCCc1nnc2sc(SCc3c(Cl)cccc3Cl)nn12. The summed E-state index contributed by atoms with van der Waals surface area (Å²) in [5.74, 6) is 1.58. The van der Waals surface area contributed by atoms with Gasteiger partial charge in [0, 0.05) is 22.2 Å². The predicted molar refractivity (Wildman–Crippen MR) is 101 cm³/mol. The molecule has 0 fully saturated rings. The summed E-state index contributed by atoms with van der Waals surface area (Å²) < 4.78 is 2.77. The summed E-state index contributed by atoms with van der Waals surface area (Å²) in [5, 5.41) is 14.4. The Morgan fingerprint density at radius 2 is 1.92 bits per heavy atom. The largest absolute Gasteiger partial charge is 0.330 e.